The van der Waals surface area contributed by atoms with E-state index in [1.54, 1.807) is 52.9 Å². The third-order valence-electron chi connectivity index (χ3n) is 4.99. The van der Waals surface area contributed by atoms with E-state index in [1.807, 2.05) is 6.92 Å². The van der Waals surface area contributed by atoms with Crippen LogP contribution in [0.2, 0.25) is 0 Å². The minimum Gasteiger partial charge on any atom is -0.457 e. The minimum atomic E-state index is -1.04. The van der Waals surface area contributed by atoms with Gasteiger partial charge in [0, 0.05) is 30.1 Å². The van der Waals surface area contributed by atoms with Gasteiger partial charge in [-0.05, 0) is 46.8 Å². The van der Waals surface area contributed by atoms with Gasteiger partial charge in [0.25, 0.3) is 5.91 Å². The Morgan fingerprint density at radius 2 is 2.00 bits per heavy atom. The van der Waals surface area contributed by atoms with Gasteiger partial charge in [0.1, 0.15) is 11.3 Å². The SMILES string of the molecule is CN=C(C)C(=C(C)N)c1ccc2oc([C@@H]3NC(=O)N(COC(=O)C(C)(C)C)C3=O)cc2n1. The maximum atomic E-state index is 12.8. The molecule has 0 spiro atoms. The Balaban J connectivity index is 1.86. The van der Waals surface area contributed by atoms with E-state index >= 15 is 0 Å². The molecule has 1 aliphatic heterocycles. The average Bonchev–Trinajstić information content (AvgIpc) is 3.25. The third-order valence-corrected chi connectivity index (χ3v) is 4.99. The molecular formula is C22H27N5O5. The van der Waals surface area contributed by atoms with Gasteiger partial charge >= 0.3 is 12.0 Å². The van der Waals surface area contributed by atoms with Crippen molar-refractivity contribution in [2.75, 3.05) is 13.8 Å². The number of nitrogens with two attached hydrogens (primary N) is 1. The van der Waals surface area contributed by atoms with Crippen molar-refractivity contribution in [3.8, 4) is 0 Å². The number of carbonyl (C=O) groups is 3. The van der Waals surface area contributed by atoms with E-state index in [2.05, 4.69) is 15.3 Å². The van der Waals surface area contributed by atoms with Crippen molar-refractivity contribution < 1.29 is 23.5 Å². The molecular weight excluding hydrogens is 414 g/mol. The molecule has 3 N–H and O–H groups in total. The first-order chi connectivity index (χ1) is 14.9. The van der Waals surface area contributed by atoms with Gasteiger partial charge in [-0.1, -0.05) is 0 Å². The molecule has 2 aromatic heterocycles. The first-order valence-corrected chi connectivity index (χ1v) is 10.0. The zero-order valence-electron chi connectivity index (χ0n) is 19.0. The number of nitrogens with zero attached hydrogens (tertiary/aromatic N) is 3. The summed E-state index contributed by atoms with van der Waals surface area (Å²) in [6, 6.07) is 3.35. The number of fused-ring (bicyclic) bond motifs is 1. The number of rotatable bonds is 5. The fraction of sp³-hybridized carbons (Fsp3) is 0.409. The van der Waals surface area contributed by atoms with Crippen molar-refractivity contribution in [1.82, 2.24) is 15.2 Å². The van der Waals surface area contributed by atoms with Crippen LogP contribution in [0.15, 0.2) is 33.3 Å². The summed E-state index contributed by atoms with van der Waals surface area (Å²) in [6.45, 7) is 8.18. The highest BCUT2D eigenvalue weighted by Gasteiger charge is 2.42. The largest absolute Gasteiger partial charge is 0.457 e. The highest BCUT2D eigenvalue weighted by Crippen LogP contribution is 2.29. The number of ether oxygens (including phenoxy) is 1. The van der Waals surface area contributed by atoms with E-state index < -0.39 is 36.1 Å². The van der Waals surface area contributed by atoms with Crippen LogP contribution in [0.1, 0.15) is 52.1 Å². The molecule has 0 bridgehead atoms. The Morgan fingerprint density at radius 1 is 1.31 bits per heavy atom. The number of carbonyl (C=O) groups excluding carboxylic acids is 3. The second-order valence-electron chi connectivity index (χ2n) is 8.56. The number of furan rings is 1. The quantitative estimate of drug-likeness (QED) is 0.413. The molecule has 170 valence electrons. The van der Waals surface area contributed by atoms with E-state index in [-0.39, 0.29) is 5.76 Å². The maximum Gasteiger partial charge on any atom is 0.327 e. The van der Waals surface area contributed by atoms with Crippen LogP contribution < -0.4 is 11.1 Å². The van der Waals surface area contributed by atoms with E-state index in [4.69, 9.17) is 14.9 Å². The normalized spacial score (nSPS) is 18.1. The first kappa shape index (κ1) is 23.0. The molecule has 10 nitrogen and oxygen atoms in total. The van der Waals surface area contributed by atoms with Gasteiger partial charge in [-0.3, -0.25) is 14.6 Å². The Bertz CT molecular complexity index is 1150. The molecule has 3 heterocycles. The van der Waals surface area contributed by atoms with Crippen LogP contribution in [-0.2, 0) is 14.3 Å². The molecule has 0 saturated carbocycles. The maximum absolute atomic E-state index is 12.8. The second-order valence-corrected chi connectivity index (χ2v) is 8.56. The van der Waals surface area contributed by atoms with E-state index in [0.717, 1.165) is 10.6 Å². The Labute approximate surface area is 185 Å². The molecule has 1 saturated heterocycles. The molecule has 0 unspecified atom stereocenters. The molecule has 10 heteroatoms. The molecule has 0 radical (unpaired) electrons. The highest BCUT2D eigenvalue weighted by atomic mass is 16.5. The molecule has 2 aromatic rings. The molecule has 1 fully saturated rings. The molecule has 3 amide bonds. The zero-order chi connectivity index (χ0) is 23.8. The van der Waals surface area contributed by atoms with Gasteiger partial charge in [0.2, 0.25) is 0 Å². The van der Waals surface area contributed by atoms with Crippen LogP contribution in [0, 0.1) is 5.41 Å². The van der Waals surface area contributed by atoms with Gasteiger partial charge < -0.3 is 20.2 Å². The minimum absolute atomic E-state index is 0.225. The van der Waals surface area contributed by atoms with Gasteiger partial charge in [-0.25, -0.2) is 14.7 Å². The second kappa shape index (κ2) is 8.45. The summed E-state index contributed by atoms with van der Waals surface area (Å²) in [4.78, 5) is 46.6. The van der Waals surface area contributed by atoms with Crippen LogP contribution in [0.5, 0.6) is 0 Å². The molecule has 0 aromatic carbocycles. The number of pyridine rings is 1. The van der Waals surface area contributed by atoms with Gasteiger partial charge in [-0.15, -0.1) is 0 Å². The smallest absolute Gasteiger partial charge is 0.327 e. The zero-order valence-corrected chi connectivity index (χ0v) is 19.0. The summed E-state index contributed by atoms with van der Waals surface area (Å²) in [7, 11) is 1.67. The summed E-state index contributed by atoms with van der Waals surface area (Å²) < 4.78 is 10.9. The van der Waals surface area contributed by atoms with Gasteiger partial charge in [0.15, 0.2) is 18.4 Å². The standard InChI is InChI=1S/C22H27N5O5/c1-11(23)17(12(2)24-6)13-7-8-15-14(25-13)9-16(32-15)18-19(28)27(21(30)26-18)10-31-20(29)22(3,4)5/h7-9,18H,10,23H2,1-6H3,(H,26,30)/t18-/m0/s1. The monoisotopic (exact) mass is 441 g/mol. The van der Waals surface area contributed by atoms with Crippen LogP contribution in [0.3, 0.4) is 0 Å². The predicted molar refractivity (Wildman–Crippen MR) is 118 cm³/mol. The number of hydrogen-bond acceptors (Lipinski definition) is 8. The number of hydrogen-bond donors (Lipinski definition) is 2. The number of amides is 3. The lowest BCUT2D eigenvalue weighted by molar-refractivity contribution is -0.158. The Morgan fingerprint density at radius 3 is 2.59 bits per heavy atom. The summed E-state index contributed by atoms with van der Waals surface area (Å²) >= 11 is 0. The number of imide groups is 1. The lowest BCUT2D eigenvalue weighted by Crippen LogP contribution is -2.36. The summed E-state index contributed by atoms with van der Waals surface area (Å²) in [6.07, 6.45) is 0. The summed E-state index contributed by atoms with van der Waals surface area (Å²) in [5.41, 5.74) is 8.86. The lowest BCUT2D eigenvalue weighted by Gasteiger charge is -2.19. The van der Waals surface area contributed by atoms with E-state index in [1.165, 1.54) is 0 Å². The van der Waals surface area contributed by atoms with Gasteiger partial charge in [0.05, 0.1) is 11.1 Å². The van der Waals surface area contributed by atoms with Crippen LogP contribution >= 0.6 is 0 Å². The van der Waals surface area contributed by atoms with Crippen molar-refractivity contribution in [3.63, 3.8) is 0 Å². The molecule has 3 rings (SSSR count). The van der Waals surface area contributed by atoms with Crippen molar-refractivity contribution in [1.29, 1.82) is 0 Å². The van der Waals surface area contributed by atoms with Crippen molar-refractivity contribution in [2.24, 2.45) is 16.1 Å². The predicted octanol–water partition coefficient (Wildman–Crippen LogP) is 2.75. The number of esters is 1. The third kappa shape index (κ3) is 4.34. The van der Waals surface area contributed by atoms with E-state index in [9.17, 15) is 14.4 Å². The Hall–Kier alpha value is -3.69. The molecule has 1 atom stereocenters. The van der Waals surface area contributed by atoms with Crippen LogP contribution in [0.25, 0.3) is 16.7 Å². The van der Waals surface area contributed by atoms with E-state index in [0.29, 0.717) is 28.1 Å². The number of aliphatic imine (C=N–C) groups is 1. The number of urea groups is 1. The number of aromatic nitrogens is 1. The van der Waals surface area contributed by atoms with Crippen LogP contribution in [0.4, 0.5) is 4.79 Å². The van der Waals surface area contributed by atoms with Crippen molar-refractivity contribution in [2.45, 2.75) is 40.7 Å². The summed E-state index contributed by atoms with van der Waals surface area (Å²) in [5.74, 6) is -0.876. The highest BCUT2D eigenvalue weighted by molar-refractivity contribution is 6.23. The van der Waals surface area contributed by atoms with Gasteiger partial charge in [-0.2, -0.15) is 0 Å². The van der Waals surface area contributed by atoms with Crippen molar-refractivity contribution >= 4 is 40.3 Å². The number of nitrogens with one attached hydrogen (secondary N) is 1. The number of allylic oxidation sites excluding steroid dienone is 2. The first-order valence-electron chi connectivity index (χ1n) is 10.0. The topological polar surface area (TPSA) is 140 Å². The average molecular weight is 441 g/mol. The fourth-order valence-corrected chi connectivity index (χ4v) is 3.18. The molecule has 0 aliphatic carbocycles. The molecule has 32 heavy (non-hydrogen) atoms. The Kier molecular flexibility index (Phi) is 6.07. The fourth-order valence-electron chi connectivity index (χ4n) is 3.18. The lowest BCUT2D eigenvalue weighted by atomic mass is 9.98. The molecule has 1 aliphatic rings. The van der Waals surface area contributed by atoms with Crippen molar-refractivity contribution in [3.05, 3.63) is 35.4 Å². The summed E-state index contributed by atoms with van der Waals surface area (Å²) in [5, 5.41) is 2.55. The van der Waals surface area contributed by atoms with Crippen LogP contribution in [-0.4, -0.2) is 47.3 Å².